The fourth-order valence-corrected chi connectivity index (χ4v) is 1.89. The number of ether oxygens (including phenoxy) is 2. The van der Waals surface area contributed by atoms with Crippen molar-refractivity contribution in [2.45, 2.75) is 0 Å². The van der Waals surface area contributed by atoms with Crippen molar-refractivity contribution in [3.8, 4) is 11.5 Å². The van der Waals surface area contributed by atoms with Gasteiger partial charge < -0.3 is 9.47 Å². The lowest BCUT2D eigenvalue weighted by atomic mass is 10.2. The molecule has 0 fully saturated rings. The molecule has 0 aliphatic rings. The van der Waals surface area contributed by atoms with Crippen LogP contribution in [0.15, 0.2) is 58.7 Å². The van der Waals surface area contributed by atoms with Crippen LogP contribution in [-0.2, 0) is 0 Å². The third-order valence-corrected chi connectivity index (χ3v) is 3.02. The monoisotopic (exact) mass is 326 g/mol. The van der Waals surface area contributed by atoms with E-state index in [1.54, 1.807) is 26.4 Å². The first-order chi connectivity index (χ1) is 11.7. The van der Waals surface area contributed by atoms with E-state index in [1.807, 2.05) is 36.4 Å². The Morgan fingerprint density at radius 1 is 0.833 bits per heavy atom. The van der Waals surface area contributed by atoms with Gasteiger partial charge in [-0.2, -0.15) is 10.2 Å². The van der Waals surface area contributed by atoms with Crippen molar-refractivity contribution < 1.29 is 14.3 Å². The quantitative estimate of drug-likeness (QED) is 0.631. The predicted octanol–water partition coefficient (Wildman–Crippen LogP) is 2.37. The summed E-state index contributed by atoms with van der Waals surface area (Å²) in [6.07, 6.45) is 2.98. The highest BCUT2D eigenvalue weighted by Gasteiger charge is 2.00. The average Bonchev–Trinajstić information content (AvgIpc) is 2.62. The molecule has 0 radical (unpaired) electrons. The van der Waals surface area contributed by atoms with Gasteiger partial charge >= 0.3 is 6.03 Å². The third-order valence-electron chi connectivity index (χ3n) is 3.02. The van der Waals surface area contributed by atoms with Crippen LogP contribution in [0, 0.1) is 0 Å². The van der Waals surface area contributed by atoms with Crippen LogP contribution < -0.4 is 20.3 Å². The molecular weight excluding hydrogens is 308 g/mol. The first kappa shape index (κ1) is 17.0. The molecule has 2 amide bonds. The molecule has 0 saturated heterocycles. The summed E-state index contributed by atoms with van der Waals surface area (Å²) < 4.78 is 10.4. The molecule has 24 heavy (non-hydrogen) atoms. The number of hydrogen-bond acceptors (Lipinski definition) is 5. The molecule has 0 aromatic heterocycles. The number of urea groups is 1. The first-order valence-corrected chi connectivity index (χ1v) is 7.12. The number of rotatable bonds is 6. The van der Waals surface area contributed by atoms with E-state index < -0.39 is 6.03 Å². The second-order valence-corrected chi connectivity index (χ2v) is 4.55. The van der Waals surface area contributed by atoms with Gasteiger partial charge in [0.2, 0.25) is 0 Å². The van der Waals surface area contributed by atoms with Crippen molar-refractivity contribution in [3.63, 3.8) is 0 Å². The van der Waals surface area contributed by atoms with Crippen LogP contribution in [0.5, 0.6) is 11.5 Å². The van der Waals surface area contributed by atoms with Gasteiger partial charge in [0, 0.05) is 11.1 Å². The first-order valence-electron chi connectivity index (χ1n) is 7.12. The number of nitrogens with one attached hydrogen (secondary N) is 2. The number of carbonyl (C=O) groups excluding carboxylic acids is 1. The number of hydrogen-bond donors (Lipinski definition) is 2. The molecule has 0 spiro atoms. The zero-order chi connectivity index (χ0) is 17.2. The summed E-state index contributed by atoms with van der Waals surface area (Å²) in [5.41, 5.74) is 6.13. The third kappa shape index (κ3) is 4.84. The lowest BCUT2D eigenvalue weighted by Gasteiger charge is -2.03. The minimum Gasteiger partial charge on any atom is -0.496 e. The molecule has 124 valence electrons. The van der Waals surface area contributed by atoms with E-state index in [0.29, 0.717) is 11.5 Å². The summed E-state index contributed by atoms with van der Waals surface area (Å²) >= 11 is 0. The summed E-state index contributed by atoms with van der Waals surface area (Å²) in [6, 6.07) is 14.1. The highest BCUT2D eigenvalue weighted by molar-refractivity contribution is 5.86. The Labute approximate surface area is 140 Å². The van der Waals surface area contributed by atoms with E-state index in [2.05, 4.69) is 21.1 Å². The van der Waals surface area contributed by atoms with Crippen molar-refractivity contribution in [1.82, 2.24) is 10.9 Å². The Hall–Kier alpha value is -3.35. The molecule has 2 aromatic rings. The van der Waals surface area contributed by atoms with Crippen LogP contribution in [0.1, 0.15) is 11.1 Å². The van der Waals surface area contributed by atoms with Crippen LogP contribution in [-0.4, -0.2) is 32.7 Å². The van der Waals surface area contributed by atoms with Gasteiger partial charge in [-0.1, -0.05) is 24.3 Å². The SMILES string of the molecule is COc1ccccc1/C=N\NC(=O)N/N=C\c1ccccc1OC. The van der Waals surface area contributed by atoms with Crippen LogP contribution in [0.3, 0.4) is 0 Å². The summed E-state index contributed by atoms with van der Waals surface area (Å²) in [7, 11) is 3.14. The fraction of sp³-hybridized carbons (Fsp3) is 0.118. The predicted molar refractivity (Wildman–Crippen MR) is 92.8 cm³/mol. The van der Waals surface area contributed by atoms with Gasteiger partial charge in [-0.15, -0.1) is 0 Å². The van der Waals surface area contributed by atoms with E-state index >= 15 is 0 Å². The van der Waals surface area contributed by atoms with Gasteiger partial charge in [0.1, 0.15) is 11.5 Å². The molecule has 0 bridgehead atoms. The molecule has 2 rings (SSSR count). The number of amides is 2. The Balaban J connectivity index is 1.87. The second-order valence-electron chi connectivity index (χ2n) is 4.55. The molecule has 0 aliphatic carbocycles. The zero-order valence-corrected chi connectivity index (χ0v) is 13.4. The molecule has 2 aromatic carbocycles. The summed E-state index contributed by atoms with van der Waals surface area (Å²) in [5, 5.41) is 7.69. The Bertz CT molecular complexity index is 683. The zero-order valence-electron chi connectivity index (χ0n) is 13.4. The van der Waals surface area contributed by atoms with Gasteiger partial charge in [-0.25, -0.2) is 15.6 Å². The van der Waals surface area contributed by atoms with Crippen LogP contribution >= 0.6 is 0 Å². The van der Waals surface area contributed by atoms with Crippen molar-refractivity contribution >= 4 is 18.5 Å². The van der Waals surface area contributed by atoms with E-state index in [-0.39, 0.29) is 0 Å². The maximum absolute atomic E-state index is 11.6. The van der Waals surface area contributed by atoms with Gasteiger partial charge in [-0.05, 0) is 24.3 Å². The Kier molecular flexibility index (Phi) is 6.34. The molecular formula is C17H18N4O3. The van der Waals surface area contributed by atoms with Gasteiger partial charge in [-0.3, -0.25) is 0 Å². The topological polar surface area (TPSA) is 84.3 Å². The minimum atomic E-state index is -0.563. The highest BCUT2D eigenvalue weighted by atomic mass is 16.5. The molecule has 0 saturated carbocycles. The largest absolute Gasteiger partial charge is 0.496 e. The number of carbonyl (C=O) groups is 1. The van der Waals surface area contributed by atoms with Crippen LogP contribution in [0.2, 0.25) is 0 Å². The van der Waals surface area contributed by atoms with E-state index in [1.165, 1.54) is 12.4 Å². The van der Waals surface area contributed by atoms with Gasteiger partial charge in [0.15, 0.2) is 0 Å². The van der Waals surface area contributed by atoms with Crippen molar-refractivity contribution in [2.24, 2.45) is 10.2 Å². The molecule has 7 heteroatoms. The Morgan fingerprint density at radius 3 is 1.67 bits per heavy atom. The molecule has 0 heterocycles. The lowest BCUT2D eigenvalue weighted by molar-refractivity contribution is 0.242. The summed E-state index contributed by atoms with van der Waals surface area (Å²) in [4.78, 5) is 11.6. The number of nitrogens with zero attached hydrogens (tertiary/aromatic N) is 2. The van der Waals surface area contributed by atoms with Gasteiger partial charge in [0.25, 0.3) is 0 Å². The van der Waals surface area contributed by atoms with Crippen LogP contribution in [0.4, 0.5) is 4.79 Å². The molecule has 0 unspecified atom stereocenters. The second kappa shape index (κ2) is 8.94. The fourth-order valence-electron chi connectivity index (χ4n) is 1.89. The Morgan fingerprint density at radius 2 is 1.25 bits per heavy atom. The average molecular weight is 326 g/mol. The summed E-state index contributed by atoms with van der Waals surface area (Å²) in [5.74, 6) is 1.33. The van der Waals surface area contributed by atoms with Gasteiger partial charge in [0.05, 0.1) is 26.6 Å². The number of para-hydroxylation sites is 2. The molecule has 0 aliphatic heterocycles. The summed E-state index contributed by atoms with van der Waals surface area (Å²) in [6.45, 7) is 0. The lowest BCUT2D eigenvalue weighted by Crippen LogP contribution is -2.28. The van der Waals surface area contributed by atoms with Crippen molar-refractivity contribution in [3.05, 3.63) is 59.7 Å². The van der Waals surface area contributed by atoms with E-state index in [4.69, 9.17) is 9.47 Å². The normalized spacial score (nSPS) is 10.8. The number of benzene rings is 2. The standard InChI is InChI=1S/C17H18N4O3/c1-23-15-9-5-3-7-13(15)11-18-20-17(22)21-19-12-14-8-4-6-10-16(14)24-2/h3-12H,1-2H3,(H2,20,21,22)/b18-11-,19-12-. The highest BCUT2D eigenvalue weighted by Crippen LogP contribution is 2.15. The maximum atomic E-state index is 11.6. The molecule has 2 N–H and O–H groups in total. The number of methoxy groups -OCH3 is 2. The van der Waals surface area contributed by atoms with E-state index in [0.717, 1.165) is 11.1 Å². The molecule has 7 nitrogen and oxygen atoms in total. The minimum absolute atomic E-state index is 0.563. The smallest absolute Gasteiger partial charge is 0.355 e. The van der Waals surface area contributed by atoms with Crippen molar-refractivity contribution in [1.29, 1.82) is 0 Å². The maximum Gasteiger partial charge on any atom is 0.355 e. The van der Waals surface area contributed by atoms with Crippen molar-refractivity contribution in [2.75, 3.05) is 14.2 Å². The van der Waals surface area contributed by atoms with Crippen LogP contribution in [0.25, 0.3) is 0 Å². The number of hydrazone groups is 2. The van der Waals surface area contributed by atoms with E-state index in [9.17, 15) is 4.79 Å². The molecule has 0 atom stereocenters.